The second-order valence-electron chi connectivity index (χ2n) is 4.13. The van der Waals surface area contributed by atoms with E-state index in [1.807, 2.05) is 0 Å². The number of rotatable bonds is 6. The van der Waals surface area contributed by atoms with Crippen LogP contribution in [-0.2, 0) is 19.1 Å². The minimum atomic E-state index is -0.397. The number of ether oxygens (including phenoxy) is 1. The third kappa shape index (κ3) is 5.95. The van der Waals surface area contributed by atoms with Gasteiger partial charge in [0, 0.05) is 11.8 Å². The molecule has 0 saturated carbocycles. The Hall–Kier alpha value is -2.43. The van der Waals surface area contributed by atoms with Crippen LogP contribution < -0.4 is 5.32 Å². The Kier molecular flexibility index (Phi) is 6.16. The van der Waals surface area contributed by atoms with Crippen molar-refractivity contribution >= 4 is 29.4 Å². The number of carbonyl (C=O) groups excluding carboxylic acids is 3. The van der Waals surface area contributed by atoms with Crippen molar-refractivity contribution in [1.29, 1.82) is 0 Å². The van der Waals surface area contributed by atoms with Crippen LogP contribution in [0, 0.1) is 0 Å². The maximum absolute atomic E-state index is 11.4. The molecule has 0 radical (unpaired) electrons. The van der Waals surface area contributed by atoms with E-state index < -0.39 is 5.97 Å². The molecule has 0 bridgehead atoms. The number of Topliss-reactive ketones (excluding diaryl/α,β-unsaturated/α-hetero) is 1. The zero-order valence-corrected chi connectivity index (χ0v) is 11.5. The lowest BCUT2D eigenvalue weighted by Gasteiger charge is -2.04. The second kappa shape index (κ2) is 7.89. The van der Waals surface area contributed by atoms with Crippen molar-refractivity contribution in [3.63, 3.8) is 0 Å². The summed E-state index contributed by atoms with van der Waals surface area (Å²) >= 11 is 0. The van der Waals surface area contributed by atoms with E-state index in [2.05, 4.69) is 5.32 Å². The molecular weight excluding hydrogens is 258 g/mol. The van der Waals surface area contributed by atoms with Crippen molar-refractivity contribution in [3.05, 3.63) is 35.9 Å². The van der Waals surface area contributed by atoms with Crippen molar-refractivity contribution in [1.82, 2.24) is 0 Å². The molecule has 1 N–H and O–H groups in total. The number of esters is 1. The molecule has 1 aromatic rings. The molecule has 0 atom stereocenters. The lowest BCUT2D eigenvalue weighted by atomic mass is 10.2. The fourth-order valence-electron chi connectivity index (χ4n) is 1.46. The first kappa shape index (κ1) is 15.6. The maximum atomic E-state index is 11.4. The second-order valence-corrected chi connectivity index (χ2v) is 4.13. The summed E-state index contributed by atoms with van der Waals surface area (Å²) in [6.07, 6.45) is 2.83. The molecule has 0 unspecified atom stereocenters. The predicted octanol–water partition coefficient (Wildman–Crippen LogP) is 2.18. The molecule has 0 fully saturated rings. The lowest BCUT2D eigenvalue weighted by molar-refractivity contribution is -0.137. The topological polar surface area (TPSA) is 72.5 Å². The average molecular weight is 275 g/mol. The molecule has 1 amide bonds. The summed E-state index contributed by atoms with van der Waals surface area (Å²) in [5.74, 6) is -0.921. The van der Waals surface area contributed by atoms with Gasteiger partial charge >= 0.3 is 5.97 Å². The van der Waals surface area contributed by atoms with Crippen LogP contribution in [0.1, 0.15) is 25.8 Å². The normalized spacial score (nSPS) is 10.3. The number of hydrogen-bond acceptors (Lipinski definition) is 4. The van der Waals surface area contributed by atoms with E-state index >= 15 is 0 Å². The summed E-state index contributed by atoms with van der Waals surface area (Å²) in [6.45, 7) is 3.44. The Bertz CT molecular complexity index is 517. The predicted molar refractivity (Wildman–Crippen MR) is 76.0 cm³/mol. The van der Waals surface area contributed by atoms with E-state index in [0.29, 0.717) is 12.3 Å². The number of amides is 1. The van der Waals surface area contributed by atoms with Crippen LogP contribution in [-0.4, -0.2) is 24.3 Å². The molecule has 0 aliphatic carbocycles. The summed E-state index contributed by atoms with van der Waals surface area (Å²) in [5.41, 5.74) is 1.41. The highest BCUT2D eigenvalue weighted by atomic mass is 16.5. The standard InChI is InChI=1S/C15H17NO4/c1-3-20-15(19)9-6-12-4-7-13(8-5-12)16-14(18)10-11(2)17/h4-9H,3,10H2,1-2H3,(H,16,18). The van der Waals surface area contributed by atoms with Gasteiger partial charge in [-0.25, -0.2) is 4.79 Å². The minimum Gasteiger partial charge on any atom is -0.463 e. The molecule has 106 valence electrons. The smallest absolute Gasteiger partial charge is 0.330 e. The van der Waals surface area contributed by atoms with Crippen LogP contribution in [0.4, 0.5) is 5.69 Å². The molecule has 0 spiro atoms. The SMILES string of the molecule is CCOC(=O)C=Cc1ccc(NC(=O)CC(C)=O)cc1. The van der Waals surface area contributed by atoms with E-state index in [1.165, 1.54) is 13.0 Å². The van der Waals surface area contributed by atoms with Gasteiger partial charge in [-0.05, 0) is 37.6 Å². The molecule has 0 heterocycles. The van der Waals surface area contributed by atoms with E-state index in [1.54, 1.807) is 37.3 Å². The fourth-order valence-corrected chi connectivity index (χ4v) is 1.46. The number of anilines is 1. The Labute approximate surface area is 117 Å². The summed E-state index contributed by atoms with van der Waals surface area (Å²) in [5, 5.41) is 2.61. The van der Waals surface area contributed by atoms with Gasteiger partial charge in [0.05, 0.1) is 13.0 Å². The van der Waals surface area contributed by atoms with Gasteiger partial charge in [0.2, 0.25) is 5.91 Å². The van der Waals surface area contributed by atoms with Crippen molar-refractivity contribution < 1.29 is 19.1 Å². The molecule has 1 rings (SSSR count). The number of benzene rings is 1. The highest BCUT2D eigenvalue weighted by Gasteiger charge is 2.04. The Balaban J connectivity index is 2.58. The lowest BCUT2D eigenvalue weighted by Crippen LogP contribution is -2.14. The van der Waals surface area contributed by atoms with Gasteiger partial charge in [-0.3, -0.25) is 9.59 Å². The van der Waals surface area contributed by atoms with E-state index in [4.69, 9.17) is 4.74 Å². The zero-order chi connectivity index (χ0) is 15.0. The molecule has 5 nitrogen and oxygen atoms in total. The van der Waals surface area contributed by atoms with Crippen LogP contribution >= 0.6 is 0 Å². The van der Waals surface area contributed by atoms with E-state index in [9.17, 15) is 14.4 Å². The van der Waals surface area contributed by atoms with Crippen LogP contribution in [0.25, 0.3) is 6.08 Å². The molecular formula is C15H17NO4. The quantitative estimate of drug-likeness (QED) is 0.490. The number of carbonyl (C=O) groups is 3. The van der Waals surface area contributed by atoms with Gasteiger partial charge in [-0.1, -0.05) is 12.1 Å². The summed E-state index contributed by atoms with van der Waals surface area (Å²) in [4.78, 5) is 33.3. The van der Waals surface area contributed by atoms with Crippen molar-refractivity contribution in [2.75, 3.05) is 11.9 Å². The first-order valence-corrected chi connectivity index (χ1v) is 6.25. The Morgan fingerprint density at radius 2 is 1.85 bits per heavy atom. The largest absolute Gasteiger partial charge is 0.463 e. The number of ketones is 1. The van der Waals surface area contributed by atoms with Crippen LogP contribution in [0.3, 0.4) is 0 Å². The van der Waals surface area contributed by atoms with Gasteiger partial charge in [0.15, 0.2) is 0 Å². The fraction of sp³-hybridized carbons (Fsp3) is 0.267. The van der Waals surface area contributed by atoms with Crippen LogP contribution in [0.15, 0.2) is 30.3 Å². The summed E-state index contributed by atoms with van der Waals surface area (Å²) < 4.78 is 4.76. The van der Waals surface area contributed by atoms with Crippen molar-refractivity contribution in [2.45, 2.75) is 20.3 Å². The third-order valence-corrected chi connectivity index (χ3v) is 2.30. The van der Waals surface area contributed by atoms with Gasteiger partial charge in [0.25, 0.3) is 0 Å². The van der Waals surface area contributed by atoms with E-state index in [0.717, 1.165) is 5.56 Å². The van der Waals surface area contributed by atoms with E-state index in [-0.39, 0.29) is 18.1 Å². The average Bonchev–Trinajstić information content (AvgIpc) is 2.37. The molecule has 0 aliphatic rings. The molecule has 5 heteroatoms. The molecule has 20 heavy (non-hydrogen) atoms. The van der Waals surface area contributed by atoms with Crippen LogP contribution in [0.2, 0.25) is 0 Å². The number of nitrogens with one attached hydrogen (secondary N) is 1. The first-order chi connectivity index (χ1) is 9.51. The third-order valence-electron chi connectivity index (χ3n) is 2.30. The Morgan fingerprint density at radius 3 is 2.40 bits per heavy atom. The molecule has 0 aromatic heterocycles. The van der Waals surface area contributed by atoms with Crippen molar-refractivity contribution in [3.8, 4) is 0 Å². The molecule has 0 aliphatic heterocycles. The summed E-state index contributed by atoms with van der Waals surface area (Å²) in [6, 6.07) is 6.89. The highest BCUT2D eigenvalue weighted by molar-refractivity contribution is 6.03. The monoisotopic (exact) mass is 275 g/mol. The van der Waals surface area contributed by atoms with Gasteiger partial charge in [0.1, 0.15) is 5.78 Å². The van der Waals surface area contributed by atoms with Gasteiger partial charge in [-0.2, -0.15) is 0 Å². The molecule has 1 aromatic carbocycles. The maximum Gasteiger partial charge on any atom is 0.330 e. The van der Waals surface area contributed by atoms with Gasteiger partial charge in [-0.15, -0.1) is 0 Å². The first-order valence-electron chi connectivity index (χ1n) is 6.25. The highest BCUT2D eigenvalue weighted by Crippen LogP contribution is 2.11. The molecule has 0 saturated heterocycles. The van der Waals surface area contributed by atoms with Crippen LogP contribution in [0.5, 0.6) is 0 Å². The van der Waals surface area contributed by atoms with Gasteiger partial charge < -0.3 is 10.1 Å². The number of hydrogen-bond donors (Lipinski definition) is 1. The Morgan fingerprint density at radius 1 is 1.20 bits per heavy atom. The zero-order valence-electron chi connectivity index (χ0n) is 11.5. The van der Waals surface area contributed by atoms with Crippen molar-refractivity contribution in [2.24, 2.45) is 0 Å². The minimum absolute atomic E-state index is 0.134. The summed E-state index contributed by atoms with van der Waals surface area (Å²) in [7, 11) is 0.